The van der Waals surface area contributed by atoms with Gasteiger partial charge in [-0.25, -0.2) is 4.79 Å². The molecule has 9 heteroatoms. The molecule has 0 fully saturated rings. The molecule has 0 bridgehead atoms. The van der Waals surface area contributed by atoms with Crippen LogP contribution >= 0.6 is 0 Å². The van der Waals surface area contributed by atoms with E-state index in [0.717, 1.165) is 4.90 Å². The van der Waals surface area contributed by atoms with Gasteiger partial charge in [0, 0.05) is 6.92 Å². The highest BCUT2D eigenvalue weighted by atomic mass is 16.5. The van der Waals surface area contributed by atoms with Gasteiger partial charge in [-0.05, 0) is 30.2 Å². The molecule has 0 spiro atoms. The van der Waals surface area contributed by atoms with Crippen LogP contribution in [0.1, 0.15) is 57.8 Å². The molecule has 3 rings (SSSR count). The lowest BCUT2D eigenvalue weighted by molar-refractivity contribution is -0.148. The molecular weight excluding hydrogens is 404 g/mol. The molecule has 31 heavy (non-hydrogen) atoms. The topological polar surface area (TPSA) is 123 Å². The number of esters is 1. The Labute approximate surface area is 178 Å². The Morgan fingerprint density at radius 1 is 1.03 bits per heavy atom. The van der Waals surface area contributed by atoms with E-state index in [1.165, 1.54) is 31.2 Å². The van der Waals surface area contributed by atoms with Crippen LogP contribution in [0.15, 0.2) is 40.8 Å². The van der Waals surface area contributed by atoms with E-state index in [-0.39, 0.29) is 29.3 Å². The maximum absolute atomic E-state index is 12.7. The van der Waals surface area contributed by atoms with Crippen LogP contribution in [0, 0.1) is 5.92 Å². The average Bonchev–Trinajstić information content (AvgIpc) is 3.30. The number of furan rings is 1. The quantitative estimate of drug-likeness (QED) is 0.389. The number of ketones is 1. The van der Waals surface area contributed by atoms with Gasteiger partial charge in [-0.15, -0.1) is 0 Å². The van der Waals surface area contributed by atoms with Crippen molar-refractivity contribution < 1.29 is 33.1 Å². The second-order valence-electron chi connectivity index (χ2n) is 7.42. The predicted octanol–water partition coefficient (Wildman–Crippen LogP) is 1.96. The fourth-order valence-electron chi connectivity index (χ4n) is 3.26. The van der Waals surface area contributed by atoms with Crippen molar-refractivity contribution in [1.82, 2.24) is 10.2 Å². The number of amides is 3. The van der Waals surface area contributed by atoms with Crippen LogP contribution in [0.5, 0.6) is 0 Å². The molecule has 2 aromatic rings. The summed E-state index contributed by atoms with van der Waals surface area (Å²) in [6, 6.07) is 8.09. The number of ether oxygens (including phenoxy) is 1. The van der Waals surface area contributed by atoms with E-state index in [0.29, 0.717) is 5.76 Å². The number of carbonyl (C=O) groups is 5. The van der Waals surface area contributed by atoms with Crippen molar-refractivity contribution in [3.8, 4) is 0 Å². The number of imide groups is 1. The monoisotopic (exact) mass is 426 g/mol. The average molecular weight is 426 g/mol. The molecule has 1 atom stereocenters. The minimum Gasteiger partial charge on any atom is -0.456 e. The first kappa shape index (κ1) is 21.9. The molecule has 2 heterocycles. The second-order valence-corrected chi connectivity index (χ2v) is 7.42. The smallest absolute Gasteiger partial charge is 0.330 e. The van der Waals surface area contributed by atoms with E-state index in [2.05, 4.69) is 5.32 Å². The first-order valence-electron chi connectivity index (χ1n) is 9.70. The Kier molecular flexibility index (Phi) is 6.33. The summed E-state index contributed by atoms with van der Waals surface area (Å²) in [6.07, 6.45) is 0. The minimum absolute atomic E-state index is 0.0324. The third kappa shape index (κ3) is 4.55. The molecule has 1 aromatic heterocycles. The van der Waals surface area contributed by atoms with Crippen LogP contribution in [-0.4, -0.2) is 47.0 Å². The van der Waals surface area contributed by atoms with Gasteiger partial charge in [-0.2, -0.15) is 0 Å². The number of fused-ring (bicyclic) bond motifs is 1. The zero-order valence-electron chi connectivity index (χ0n) is 17.3. The van der Waals surface area contributed by atoms with E-state index in [1.54, 1.807) is 26.0 Å². The zero-order valence-corrected chi connectivity index (χ0v) is 17.3. The molecule has 0 saturated heterocycles. The normalized spacial score (nSPS) is 13.9. The number of nitrogens with one attached hydrogen (secondary N) is 1. The maximum Gasteiger partial charge on any atom is 0.330 e. The van der Waals surface area contributed by atoms with Crippen molar-refractivity contribution in [2.45, 2.75) is 33.4 Å². The van der Waals surface area contributed by atoms with Gasteiger partial charge in [0.2, 0.25) is 11.7 Å². The number of hydrogen-bond donors (Lipinski definition) is 1. The Morgan fingerprint density at radius 3 is 2.19 bits per heavy atom. The van der Waals surface area contributed by atoms with Gasteiger partial charge in [0.1, 0.15) is 11.8 Å². The minimum atomic E-state index is -1.17. The molecule has 0 aliphatic carbocycles. The largest absolute Gasteiger partial charge is 0.456 e. The molecular formula is C22H22N2O7. The van der Waals surface area contributed by atoms with E-state index in [1.807, 2.05) is 0 Å². The van der Waals surface area contributed by atoms with Crippen molar-refractivity contribution in [2.24, 2.45) is 5.92 Å². The molecule has 1 aliphatic rings. The summed E-state index contributed by atoms with van der Waals surface area (Å²) in [4.78, 5) is 62.3. The van der Waals surface area contributed by atoms with Gasteiger partial charge in [-0.1, -0.05) is 26.0 Å². The van der Waals surface area contributed by atoms with E-state index in [4.69, 9.17) is 9.15 Å². The van der Waals surface area contributed by atoms with Crippen LogP contribution < -0.4 is 5.32 Å². The number of Topliss-reactive ketones (excluding diaryl/α,β-unsaturated/α-hetero) is 1. The second kappa shape index (κ2) is 8.95. The van der Waals surface area contributed by atoms with Crippen LogP contribution in [0.25, 0.3) is 0 Å². The Balaban J connectivity index is 1.67. The van der Waals surface area contributed by atoms with Crippen molar-refractivity contribution in [2.75, 3.05) is 6.61 Å². The summed E-state index contributed by atoms with van der Waals surface area (Å²) in [5.74, 6) is -2.93. The van der Waals surface area contributed by atoms with Gasteiger partial charge in [0.15, 0.2) is 12.4 Å². The van der Waals surface area contributed by atoms with Gasteiger partial charge >= 0.3 is 5.97 Å². The molecule has 0 saturated carbocycles. The number of carbonyl (C=O) groups excluding carboxylic acids is 5. The van der Waals surface area contributed by atoms with Gasteiger partial charge in [0.05, 0.1) is 17.7 Å². The molecule has 3 amide bonds. The van der Waals surface area contributed by atoms with Gasteiger partial charge in [0.25, 0.3) is 11.8 Å². The highest BCUT2D eigenvalue weighted by Crippen LogP contribution is 2.27. The summed E-state index contributed by atoms with van der Waals surface area (Å²) in [6.45, 7) is 4.22. The Hall–Kier alpha value is -3.75. The SMILES string of the molecule is CC(=O)NCc1ccc(C(=O)COC(=O)[C@H](C(C)C)N2C(=O)c3ccccc3C2=O)o1. The summed E-state index contributed by atoms with van der Waals surface area (Å²) < 4.78 is 10.5. The van der Waals surface area contributed by atoms with Gasteiger partial charge in [-0.3, -0.25) is 24.1 Å². The standard InChI is InChI=1S/C22H22N2O7/c1-12(2)19(24-20(27)15-6-4-5-7-16(15)21(24)28)22(29)30-11-17(26)18-9-8-14(31-18)10-23-13(3)25/h4-9,12,19H,10-11H2,1-3H3,(H,23,25)/t19-/m0/s1. The van der Waals surface area contributed by atoms with Crippen LogP contribution in [-0.2, 0) is 20.9 Å². The van der Waals surface area contributed by atoms with E-state index >= 15 is 0 Å². The molecule has 1 N–H and O–H groups in total. The zero-order chi connectivity index (χ0) is 22.7. The van der Waals surface area contributed by atoms with Crippen molar-refractivity contribution in [3.63, 3.8) is 0 Å². The molecule has 1 aliphatic heterocycles. The summed E-state index contributed by atoms with van der Waals surface area (Å²) in [7, 11) is 0. The van der Waals surface area contributed by atoms with Crippen molar-refractivity contribution in [3.05, 3.63) is 59.0 Å². The van der Waals surface area contributed by atoms with Gasteiger partial charge < -0.3 is 14.5 Å². The van der Waals surface area contributed by atoms with Crippen LogP contribution in [0.2, 0.25) is 0 Å². The van der Waals surface area contributed by atoms with Crippen LogP contribution in [0.3, 0.4) is 0 Å². The molecule has 0 unspecified atom stereocenters. The lowest BCUT2D eigenvalue weighted by Crippen LogP contribution is -2.49. The lowest BCUT2D eigenvalue weighted by Gasteiger charge is -2.27. The molecule has 162 valence electrons. The predicted molar refractivity (Wildman–Crippen MR) is 107 cm³/mol. The lowest BCUT2D eigenvalue weighted by atomic mass is 10.0. The van der Waals surface area contributed by atoms with Crippen LogP contribution in [0.4, 0.5) is 0 Å². The maximum atomic E-state index is 12.7. The number of hydrogen-bond acceptors (Lipinski definition) is 7. The third-order valence-electron chi connectivity index (χ3n) is 4.77. The number of nitrogens with zero attached hydrogens (tertiary/aromatic N) is 1. The first-order valence-corrected chi connectivity index (χ1v) is 9.70. The van der Waals surface area contributed by atoms with Crippen molar-refractivity contribution >= 4 is 29.5 Å². The molecule has 1 aromatic carbocycles. The summed E-state index contributed by atoms with van der Waals surface area (Å²) >= 11 is 0. The fourth-order valence-corrected chi connectivity index (χ4v) is 3.26. The van der Waals surface area contributed by atoms with Crippen molar-refractivity contribution in [1.29, 1.82) is 0 Å². The third-order valence-corrected chi connectivity index (χ3v) is 4.77. The van der Waals surface area contributed by atoms with E-state index in [9.17, 15) is 24.0 Å². The van der Waals surface area contributed by atoms with E-state index < -0.39 is 42.1 Å². The molecule has 9 nitrogen and oxygen atoms in total. The Bertz CT molecular complexity index is 1020. The highest BCUT2D eigenvalue weighted by molar-refractivity contribution is 6.22. The number of rotatable bonds is 8. The summed E-state index contributed by atoms with van der Waals surface area (Å²) in [5, 5.41) is 2.54. The fraction of sp³-hybridized carbons (Fsp3) is 0.318. The highest BCUT2D eigenvalue weighted by Gasteiger charge is 2.44. The molecule has 0 radical (unpaired) electrons. The summed E-state index contributed by atoms with van der Waals surface area (Å²) in [5.41, 5.74) is 0.452. The number of benzene rings is 1. The first-order chi connectivity index (χ1) is 14.7. The Morgan fingerprint density at radius 2 is 1.65 bits per heavy atom.